The monoisotopic (exact) mass is 306 g/mol. The average Bonchev–Trinajstić information content (AvgIpc) is 2.38. The van der Waals surface area contributed by atoms with E-state index in [0.29, 0.717) is 0 Å². The first-order valence-electron chi connectivity index (χ1n) is 6.83. The summed E-state index contributed by atoms with van der Waals surface area (Å²) >= 11 is 0. The fraction of sp³-hybridized carbons (Fsp3) is 0.867. The van der Waals surface area contributed by atoms with Crippen LogP contribution in [0.3, 0.4) is 0 Å². The second-order valence-corrected chi connectivity index (χ2v) is 7.48. The third-order valence-electron chi connectivity index (χ3n) is 2.56. The number of carbonyl (C=O) groups is 2. The third kappa shape index (κ3) is 9.55. The molecule has 3 N–H and O–H groups in total. The first kappa shape index (κ1) is 22.3. The molecule has 0 fully saturated rings. The van der Waals surface area contributed by atoms with Crippen LogP contribution in [-0.4, -0.2) is 47.1 Å². The summed E-state index contributed by atoms with van der Waals surface area (Å²) in [6.07, 6.45) is 0. The molecule has 0 bridgehead atoms. The van der Waals surface area contributed by atoms with Gasteiger partial charge in [-0.25, -0.2) is 0 Å². The minimum atomic E-state index is -1.11. The van der Waals surface area contributed by atoms with Gasteiger partial charge >= 0.3 is 11.9 Å². The Morgan fingerprint density at radius 1 is 0.714 bits per heavy atom. The molecule has 6 heteroatoms. The molecule has 0 aromatic heterocycles. The number of hydrogen-bond donors (Lipinski definition) is 3. The molecule has 126 valence electrons. The van der Waals surface area contributed by atoms with Crippen molar-refractivity contribution in [2.75, 3.05) is 19.8 Å². The number of aliphatic hydroxyl groups excluding tert-OH is 3. The Bertz CT molecular complexity index is 313. The molecule has 0 rings (SSSR count). The van der Waals surface area contributed by atoms with Gasteiger partial charge in [0.15, 0.2) is 0 Å². The van der Waals surface area contributed by atoms with Crippen LogP contribution in [0.25, 0.3) is 0 Å². The van der Waals surface area contributed by atoms with Crippen molar-refractivity contribution in [3.63, 3.8) is 0 Å². The molecule has 0 heterocycles. The Labute approximate surface area is 127 Å². The Hall–Kier alpha value is -0.980. The molecule has 0 aliphatic heterocycles. The van der Waals surface area contributed by atoms with Gasteiger partial charge in [-0.1, -0.05) is 20.8 Å². The largest absolute Gasteiger partial charge is 0.396 e. The zero-order chi connectivity index (χ0) is 17.5. The van der Waals surface area contributed by atoms with Crippen LogP contribution in [0.5, 0.6) is 0 Å². The van der Waals surface area contributed by atoms with E-state index in [0.717, 1.165) is 0 Å². The van der Waals surface area contributed by atoms with E-state index in [-0.39, 0.29) is 12.0 Å². The van der Waals surface area contributed by atoms with Gasteiger partial charge in [-0.15, -0.1) is 0 Å². The molecule has 0 atom stereocenters. The lowest BCUT2D eigenvalue weighted by atomic mass is 9.93. The van der Waals surface area contributed by atoms with E-state index in [9.17, 15) is 9.59 Å². The minimum Gasteiger partial charge on any atom is -0.396 e. The Morgan fingerprint density at radius 3 is 1.10 bits per heavy atom. The van der Waals surface area contributed by atoms with E-state index in [1.54, 1.807) is 0 Å². The van der Waals surface area contributed by atoms with E-state index in [4.69, 9.17) is 15.3 Å². The molecular weight excluding hydrogens is 276 g/mol. The van der Waals surface area contributed by atoms with Gasteiger partial charge in [-0.3, -0.25) is 9.59 Å². The van der Waals surface area contributed by atoms with Crippen molar-refractivity contribution in [3.05, 3.63) is 0 Å². The van der Waals surface area contributed by atoms with Crippen molar-refractivity contribution in [1.29, 1.82) is 0 Å². The van der Waals surface area contributed by atoms with Crippen molar-refractivity contribution in [3.8, 4) is 0 Å². The van der Waals surface area contributed by atoms with Crippen molar-refractivity contribution in [2.24, 2.45) is 16.2 Å². The summed E-state index contributed by atoms with van der Waals surface area (Å²) < 4.78 is 4.56. The second-order valence-electron chi connectivity index (χ2n) is 7.48. The summed E-state index contributed by atoms with van der Waals surface area (Å²) in [7, 11) is 0. The maximum absolute atomic E-state index is 11.4. The van der Waals surface area contributed by atoms with Gasteiger partial charge < -0.3 is 20.1 Å². The molecule has 0 unspecified atom stereocenters. The third-order valence-corrected chi connectivity index (χ3v) is 2.56. The van der Waals surface area contributed by atoms with E-state index in [1.165, 1.54) is 27.7 Å². The van der Waals surface area contributed by atoms with E-state index in [1.807, 2.05) is 20.8 Å². The van der Waals surface area contributed by atoms with Gasteiger partial charge in [0.25, 0.3) is 0 Å². The van der Waals surface area contributed by atoms with Gasteiger partial charge in [-0.2, -0.15) is 0 Å². The van der Waals surface area contributed by atoms with Crippen LogP contribution in [-0.2, 0) is 14.3 Å². The number of ether oxygens (including phenoxy) is 1. The van der Waals surface area contributed by atoms with Crippen molar-refractivity contribution >= 4 is 11.9 Å². The normalized spacial score (nSPS) is 12.3. The van der Waals surface area contributed by atoms with E-state index in [2.05, 4.69) is 4.74 Å². The highest BCUT2D eigenvalue weighted by Gasteiger charge is 2.36. The summed E-state index contributed by atoms with van der Waals surface area (Å²) in [6, 6.07) is 0. The number of carbonyl (C=O) groups excluding carboxylic acids is 2. The SMILES string of the molecule is CC(C)(C)CO.CC(C)(CO)C(=O)OC(=O)C(C)(C)CO. The summed E-state index contributed by atoms with van der Waals surface area (Å²) in [5, 5.41) is 26.2. The molecule has 0 saturated heterocycles. The molecule has 0 aliphatic carbocycles. The molecule has 0 aliphatic rings. The quantitative estimate of drug-likeness (QED) is 0.531. The van der Waals surface area contributed by atoms with Crippen LogP contribution in [0.4, 0.5) is 0 Å². The Kier molecular flexibility index (Phi) is 8.98. The lowest BCUT2D eigenvalue weighted by molar-refractivity contribution is -0.174. The highest BCUT2D eigenvalue weighted by Crippen LogP contribution is 2.21. The summed E-state index contributed by atoms with van der Waals surface area (Å²) in [4.78, 5) is 22.8. The highest BCUT2D eigenvalue weighted by molar-refractivity contribution is 5.90. The number of hydrogen-bond acceptors (Lipinski definition) is 6. The first-order valence-corrected chi connectivity index (χ1v) is 6.83. The lowest BCUT2D eigenvalue weighted by Crippen LogP contribution is -2.38. The van der Waals surface area contributed by atoms with Crippen molar-refractivity contribution in [2.45, 2.75) is 48.5 Å². The van der Waals surface area contributed by atoms with Crippen LogP contribution < -0.4 is 0 Å². The molecule has 0 radical (unpaired) electrons. The van der Waals surface area contributed by atoms with Crippen molar-refractivity contribution < 1.29 is 29.6 Å². The Morgan fingerprint density at radius 2 is 0.952 bits per heavy atom. The molecule has 21 heavy (non-hydrogen) atoms. The molecular formula is C15H30O6. The predicted octanol–water partition coefficient (Wildman–Crippen LogP) is 1.12. The smallest absolute Gasteiger partial charge is 0.321 e. The van der Waals surface area contributed by atoms with Crippen LogP contribution >= 0.6 is 0 Å². The molecule has 0 aromatic carbocycles. The lowest BCUT2D eigenvalue weighted by Gasteiger charge is -2.23. The molecule has 0 amide bonds. The molecule has 6 nitrogen and oxygen atoms in total. The molecule has 0 saturated carbocycles. The predicted molar refractivity (Wildman–Crippen MR) is 79.4 cm³/mol. The van der Waals surface area contributed by atoms with E-state index < -0.39 is 36.0 Å². The Balaban J connectivity index is 0. The van der Waals surface area contributed by atoms with Gasteiger partial charge in [0, 0.05) is 6.61 Å². The maximum Gasteiger partial charge on any atom is 0.321 e. The standard InChI is InChI=1S/C10H18O5.C5H12O/c1-9(2,5-11)7(13)15-8(14)10(3,4)6-12;1-5(2,3)4-6/h11-12H,5-6H2,1-4H3;6H,4H2,1-3H3. The zero-order valence-corrected chi connectivity index (χ0v) is 14.2. The average molecular weight is 306 g/mol. The minimum absolute atomic E-state index is 0.0972. The summed E-state index contributed by atoms with van der Waals surface area (Å²) in [6.45, 7) is 11.3. The van der Waals surface area contributed by atoms with Crippen LogP contribution in [0.1, 0.15) is 48.5 Å². The number of rotatable bonds is 4. The highest BCUT2D eigenvalue weighted by atomic mass is 16.6. The topological polar surface area (TPSA) is 104 Å². The number of esters is 2. The van der Waals surface area contributed by atoms with Crippen LogP contribution in [0.15, 0.2) is 0 Å². The van der Waals surface area contributed by atoms with Gasteiger partial charge in [-0.05, 0) is 33.1 Å². The van der Waals surface area contributed by atoms with Crippen LogP contribution in [0, 0.1) is 16.2 Å². The van der Waals surface area contributed by atoms with Gasteiger partial charge in [0.05, 0.1) is 24.0 Å². The van der Waals surface area contributed by atoms with Crippen LogP contribution in [0.2, 0.25) is 0 Å². The summed E-state index contributed by atoms with van der Waals surface area (Å²) in [5.74, 6) is -1.59. The summed E-state index contributed by atoms with van der Waals surface area (Å²) in [5.41, 5.74) is -2.12. The van der Waals surface area contributed by atoms with Gasteiger partial charge in [0.1, 0.15) is 0 Å². The fourth-order valence-corrected chi connectivity index (χ4v) is 0.490. The maximum atomic E-state index is 11.4. The van der Waals surface area contributed by atoms with Gasteiger partial charge in [0.2, 0.25) is 0 Å². The van der Waals surface area contributed by atoms with E-state index >= 15 is 0 Å². The zero-order valence-electron chi connectivity index (χ0n) is 14.2. The molecule has 0 spiro atoms. The second kappa shape index (κ2) is 8.46. The first-order chi connectivity index (χ1) is 9.23. The number of aliphatic hydroxyl groups is 3. The van der Waals surface area contributed by atoms with Crippen molar-refractivity contribution in [1.82, 2.24) is 0 Å². The molecule has 0 aromatic rings. The fourth-order valence-electron chi connectivity index (χ4n) is 0.490.